The van der Waals surface area contributed by atoms with E-state index in [-0.39, 0.29) is 0 Å². The lowest BCUT2D eigenvalue weighted by Crippen LogP contribution is -2.16. The summed E-state index contributed by atoms with van der Waals surface area (Å²) in [6.07, 6.45) is 1.58. The summed E-state index contributed by atoms with van der Waals surface area (Å²) >= 11 is 3.11. The van der Waals surface area contributed by atoms with Gasteiger partial charge in [0.2, 0.25) is 0 Å². The fraction of sp³-hybridized carbons (Fsp3) is 0.500. The highest BCUT2D eigenvalue weighted by Crippen LogP contribution is 1.96. The Morgan fingerprint density at radius 1 is 2.00 bits per heavy atom. The van der Waals surface area contributed by atoms with E-state index < -0.39 is 11.0 Å². The van der Waals surface area contributed by atoms with Crippen LogP contribution in [0.2, 0.25) is 0 Å². The highest BCUT2D eigenvalue weighted by atomic mass is 79.9. The normalized spacial score (nSPS) is 13.2. The van der Waals surface area contributed by atoms with Crippen molar-refractivity contribution in [3.8, 4) is 0 Å². The molecule has 8 heavy (non-hydrogen) atoms. The molecule has 1 atom stereocenters. The average Bonchev–Trinajstić information content (AvgIpc) is 1.61. The zero-order chi connectivity index (χ0) is 6.57. The summed E-state index contributed by atoms with van der Waals surface area (Å²) in [7, 11) is -0.927. The molecule has 0 aliphatic rings. The van der Waals surface area contributed by atoms with Gasteiger partial charge in [-0.05, 0) is 0 Å². The van der Waals surface area contributed by atoms with Crippen LogP contribution in [0.1, 0.15) is 0 Å². The van der Waals surface area contributed by atoms with Crippen LogP contribution in [-0.4, -0.2) is 17.0 Å². The first-order valence-electron chi connectivity index (χ1n) is 2.03. The van der Waals surface area contributed by atoms with Crippen LogP contribution in [0, 0.1) is 0 Å². The van der Waals surface area contributed by atoms with Crippen molar-refractivity contribution in [3.63, 3.8) is 0 Å². The molecular formula is C4H8BrNOS. The van der Waals surface area contributed by atoms with Gasteiger partial charge in [-0.3, -0.25) is 0 Å². The molecule has 48 valence electrons. The molecule has 0 heterocycles. The predicted octanol–water partition coefficient (Wildman–Crippen LogP) is 0.778. The first-order valence-corrected chi connectivity index (χ1v) is 4.38. The van der Waals surface area contributed by atoms with Gasteiger partial charge in [-0.1, -0.05) is 22.5 Å². The Hall–Kier alpha value is 0.330. The fourth-order valence-corrected chi connectivity index (χ4v) is 0.883. The monoisotopic (exact) mass is 197 g/mol. The summed E-state index contributed by atoms with van der Waals surface area (Å²) in [4.78, 5) is 0. The zero-order valence-electron chi connectivity index (χ0n) is 4.61. The smallest absolute Gasteiger partial charge is 0.0886 e. The molecule has 0 saturated heterocycles. The van der Waals surface area contributed by atoms with Crippen molar-refractivity contribution in [1.29, 1.82) is 0 Å². The van der Waals surface area contributed by atoms with Crippen molar-refractivity contribution in [1.82, 2.24) is 4.72 Å². The van der Waals surface area contributed by atoms with Crippen LogP contribution in [0.15, 0.2) is 11.1 Å². The molecule has 0 aromatic carbocycles. The number of hydrogen-bond acceptors (Lipinski definition) is 1. The summed E-state index contributed by atoms with van der Waals surface area (Å²) in [5.41, 5.74) is 0. The summed E-state index contributed by atoms with van der Waals surface area (Å²) in [6, 6.07) is 0. The number of rotatable bonds is 3. The molecule has 0 amide bonds. The van der Waals surface area contributed by atoms with Gasteiger partial charge in [0.15, 0.2) is 0 Å². The van der Waals surface area contributed by atoms with Gasteiger partial charge >= 0.3 is 0 Å². The lowest BCUT2D eigenvalue weighted by molar-refractivity contribution is 0.680. The van der Waals surface area contributed by atoms with E-state index in [9.17, 15) is 4.21 Å². The van der Waals surface area contributed by atoms with Gasteiger partial charge in [0.05, 0.1) is 11.0 Å². The Morgan fingerprint density at radius 3 is 2.62 bits per heavy atom. The van der Waals surface area contributed by atoms with Crippen LogP contribution in [0.3, 0.4) is 0 Å². The molecule has 2 nitrogen and oxygen atoms in total. The zero-order valence-corrected chi connectivity index (χ0v) is 7.01. The Balaban J connectivity index is 3.18. The van der Waals surface area contributed by atoms with Gasteiger partial charge in [0.1, 0.15) is 0 Å². The van der Waals surface area contributed by atoms with E-state index in [1.54, 1.807) is 6.26 Å². The van der Waals surface area contributed by atoms with Crippen LogP contribution < -0.4 is 4.72 Å². The van der Waals surface area contributed by atoms with Crippen LogP contribution in [0.25, 0.3) is 0 Å². The molecular weight excluding hydrogens is 190 g/mol. The van der Waals surface area contributed by atoms with Crippen LogP contribution in [-0.2, 0) is 11.0 Å². The largest absolute Gasteiger partial charge is 0.243 e. The van der Waals surface area contributed by atoms with Crippen molar-refractivity contribution in [2.75, 3.05) is 12.8 Å². The minimum absolute atomic E-state index is 0.559. The number of hydrogen-bond donors (Lipinski definition) is 1. The molecule has 0 rings (SSSR count). The molecule has 0 spiro atoms. The molecule has 1 N–H and O–H groups in total. The predicted molar refractivity (Wildman–Crippen MR) is 40.1 cm³/mol. The molecule has 0 aromatic rings. The van der Waals surface area contributed by atoms with Crippen molar-refractivity contribution in [3.05, 3.63) is 11.1 Å². The van der Waals surface area contributed by atoms with Crippen molar-refractivity contribution in [2.24, 2.45) is 0 Å². The van der Waals surface area contributed by atoms with Gasteiger partial charge < -0.3 is 0 Å². The summed E-state index contributed by atoms with van der Waals surface area (Å²) in [5.74, 6) is 0. The Morgan fingerprint density at radius 2 is 2.50 bits per heavy atom. The third-order valence-corrected chi connectivity index (χ3v) is 1.30. The van der Waals surface area contributed by atoms with E-state index >= 15 is 0 Å². The fourth-order valence-electron chi connectivity index (χ4n) is 0.180. The van der Waals surface area contributed by atoms with E-state index in [0.29, 0.717) is 6.54 Å². The molecule has 0 bridgehead atoms. The minimum atomic E-state index is -0.927. The summed E-state index contributed by atoms with van der Waals surface area (Å²) in [5, 5.41) is 0. The Labute approximate surface area is 60.1 Å². The number of nitrogens with one attached hydrogen (secondary N) is 1. The molecule has 0 radical (unpaired) electrons. The van der Waals surface area contributed by atoms with Crippen molar-refractivity contribution in [2.45, 2.75) is 0 Å². The highest BCUT2D eigenvalue weighted by Gasteiger charge is 1.87. The summed E-state index contributed by atoms with van der Waals surface area (Å²) < 4.78 is 13.8. The first-order chi connectivity index (χ1) is 3.63. The average molecular weight is 198 g/mol. The van der Waals surface area contributed by atoms with Gasteiger partial charge in [0.25, 0.3) is 0 Å². The third kappa shape index (κ3) is 6.33. The molecule has 0 aliphatic carbocycles. The van der Waals surface area contributed by atoms with Gasteiger partial charge in [0, 0.05) is 17.3 Å². The maximum Gasteiger partial charge on any atom is 0.0886 e. The molecule has 0 saturated carbocycles. The second kappa shape index (κ2) is 4.23. The molecule has 1 unspecified atom stereocenters. The maximum absolute atomic E-state index is 10.3. The second-order valence-electron chi connectivity index (χ2n) is 1.29. The molecule has 0 aromatic heterocycles. The lowest BCUT2D eigenvalue weighted by Gasteiger charge is -1.94. The second-order valence-corrected chi connectivity index (χ2v) is 3.61. The lowest BCUT2D eigenvalue weighted by atomic mass is 10.7. The topological polar surface area (TPSA) is 29.1 Å². The molecule has 4 heteroatoms. The van der Waals surface area contributed by atoms with Crippen LogP contribution in [0.4, 0.5) is 0 Å². The van der Waals surface area contributed by atoms with Crippen LogP contribution in [0.5, 0.6) is 0 Å². The van der Waals surface area contributed by atoms with Gasteiger partial charge in [-0.2, -0.15) is 0 Å². The van der Waals surface area contributed by atoms with E-state index in [2.05, 4.69) is 27.2 Å². The Kier molecular flexibility index (Phi) is 4.41. The van der Waals surface area contributed by atoms with Crippen molar-refractivity contribution >= 4 is 26.9 Å². The van der Waals surface area contributed by atoms with E-state index in [1.807, 2.05) is 0 Å². The first kappa shape index (κ1) is 8.33. The van der Waals surface area contributed by atoms with Gasteiger partial charge in [-0.25, -0.2) is 8.93 Å². The molecule has 0 fully saturated rings. The minimum Gasteiger partial charge on any atom is -0.243 e. The van der Waals surface area contributed by atoms with E-state index in [4.69, 9.17) is 0 Å². The summed E-state index contributed by atoms with van der Waals surface area (Å²) in [6.45, 7) is 4.11. The maximum atomic E-state index is 10.3. The quantitative estimate of drug-likeness (QED) is 0.713. The molecule has 0 aliphatic heterocycles. The highest BCUT2D eigenvalue weighted by molar-refractivity contribution is 9.11. The SMILES string of the molecule is C=C(Br)CNS(C)=O. The van der Waals surface area contributed by atoms with Crippen LogP contribution >= 0.6 is 15.9 Å². The van der Waals surface area contributed by atoms with E-state index in [0.717, 1.165) is 4.48 Å². The number of halogens is 1. The standard InChI is InChI=1S/C4H8BrNOS/c1-4(5)3-6-8(2)7/h6H,1,3H2,2H3. The van der Waals surface area contributed by atoms with E-state index in [1.165, 1.54) is 0 Å². The van der Waals surface area contributed by atoms with Crippen molar-refractivity contribution < 1.29 is 4.21 Å². The third-order valence-electron chi connectivity index (χ3n) is 0.467. The Bertz CT molecular complexity index is 101. The van der Waals surface area contributed by atoms with Gasteiger partial charge in [-0.15, -0.1) is 0 Å².